The van der Waals surface area contributed by atoms with E-state index >= 15 is 0 Å². The second kappa shape index (κ2) is 5.89. The molecule has 2 rings (SSSR count). The van der Waals surface area contributed by atoms with Crippen LogP contribution in [0.15, 0.2) is 0 Å². The molecule has 5 heteroatoms. The van der Waals surface area contributed by atoms with Gasteiger partial charge in [-0.15, -0.1) is 0 Å². The van der Waals surface area contributed by atoms with E-state index in [9.17, 15) is 4.79 Å². The van der Waals surface area contributed by atoms with Crippen LogP contribution in [-0.2, 0) is 0 Å². The van der Waals surface area contributed by atoms with Crippen LogP contribution in [0.5, 0.6) is 0 Å². The highest BCUT2D eigenvalue weighted by molar-refractivity contribution is 5.76. The minimum Gasteiger partial charge on any atom is -0.323 e. The zero-order valence-corrected chi connectivity index (χ0v) is 11.9. The lowest BCUT2D eigenvalue weighted by Gasteiger charge is -2.33. The average molecular weight is 254 g/mol. The second-order valence-electron chi connectivity index (χ2n) is 5.65. The van der Waals surface area contributed by atoms with Gasteiger partial charge in [-0.1, -0.05) is 13.3 Å². The number of carbonyl (C=O) groups excluding carboxylic acids is 1. The number of nitrogens with zero attached hydrogens (tertiary/aromatic N) is 3. The van der Waals surface area contributed by atoms with E-state index < -0.39 is 0 Å². The molecule has 2 aliphatic rings. The molecule has 2 saturated heterocycles. The van der Waals surface area contributed by atoms with Gasteiger partial charge in [0.1, 0.15) is 0 Å². The Bertz CT molecular complexity index is 297. The normalized spacial score (nSPS) is 30.3. The third-order valence-electron chi connectivity index (χ3n) is 4.07. The van der Waals surface area contributed by atoms with Gasteiger partial charge in [-0.3, -0.25) is 0 Å². The van der Waals surface area contributed by atoms with Crippen LogP contribution < -0.4 is 5.32 Å². The van der Waals surface area contributed by atoms with Crippen molar-refractivity contribution in [2.24, 2.45) is 0 Å². The summed E-state index contributed by atoms with van der Waals surface area (Å²) in [5.41, 5.74) is 0. The Balaban J connectivity index is 1.87. The lowest BCUT2D eigenvalue weighted by atomic mass is 10.1. The third kappa shape index (κ3) is 2.95. The van der Waals surface area contributed by atoms with E-state index in [2.05, 4.69) is 24.2 Å². The van der Waals surface area contributed by atoms with Crippen molar-refractivity contribution in [3.05, 3.63) is 0 Å². The van der Waals surface area contributed by atoms with E-state index in [-0.39, 0.29) is 6.03 Å². The number of rotatable bonds is 4. The number of amides is 2. The first kappa shape index (κ1) is 13.6. The average Bonchev–Trinajstić information content (AvgIpc) is 2.59. The summed E-state index contributed by atoms with van der Waals surface area (Å²) in [7, 11) is 4.08. The second-order valence-corrected chi connectivity index (χ2v) is 5.65. The van der Waals surface area contributed by atoms with Gasteiger partial charge in [0.05, 0.1) is 6.04 Å². The van der Waals surface area contributed by atoms with Crippen LogP contribution in [0, 0.1) is 0 Å². The Morgan fingerprint density at radius 3 is 2.78 bits per heavy atom. The van der Waals surface area contributed by atoms with Crippen molar-refractivity contribution >= 4 is 6.03 Å². The van der Waals surface area contributed by atoms with Crippen LogP contribution in [0.3, 0.4) is 0 Å². The lowest BCUT2D eigenvalue weighted by molar-refractivity contribution is 0.176. The van der Waals surface area contributed by atoms with Crippen LogP contribution in [0.25, 0.3) is 0 Å². The number of carbonyl (C=O) groups is 1. The molecular weight excluding hydrogens is 228 g/mol. The van der Waals surface area contributed by atoms with Gasteiger partial charge in [0, 0.05) is 45.8 Å². The summed E-state index contributed by atoms with van der Waals surface area (Å²) in [4.78, 5) is 18.4. The van der Waals surface area contributed by atoms with Crippen molar-refractivity contribution in [2.45, 2.75) is 31.8 Å². The van der Waals surface area contributed by atoms with E-state index in [0.717, 1.165) is 45.6 Å². The molecule has 2 unspecified atom stereocenters. The van der Waals surface area contributed by atoms with Gasteiger partial charge in [-0.05, 0) is 13.5 Å². The van der Waals surface area contributed by atoms with E-state index in [0.29, 0.717) is 12.1 Å². The molecule has 0 aromatic carbocycles. The zero-order valence-electron chi connectivity index (χ0n) is 11.9. The monoisotopic (exact) mass is 254 g/mol. The molecule has 1 N–H and O–H groups in total. The molecule has 0 aromatic heterocycles. The molecule has 0 bridgehead atoms. The first-order valence-electron chi connectivity index (χ1n) is 7.05. The van der Waals surface area contributed by atoms with E-state index in [1.54, 1.807) is 0 Å². The fourth-order valence-electron chi connectivity index (χ4n) is 2.98. The fourth-order valence-corrected chi connectivity index (χ4v) is 2.98. The number of piperazine rings is 1. The Morgan fingerprint density at radius 1 is 1.33 bits per heavy atom. The van der Waals surface area contributed by atoms with E-state index in [4.69, 9.17) is 0 Å². The quantitative estimate of drug-likeness (QED) is 0.790. The van der Waals surface area contributed by atoms with Crippen molar-refractivity contribution in [3.8, 4) is 0 Å². The number of nitrogens with one attached hydrogen (secondary N) is 1. The molecule has 2 heterocycles. The predicted octanol–water partition coefficient (Wildman–Crippen LogP) is 0.426. The summed E-state index contributed by atoms with van der Waals surface area (Å²) < 4.78 is 0. The van der Waals surface area contributed by atoms with Crippen LogP contribution in [0.1, 0.15) is 19.8 Å². The standard InChI is InChI=1S/C13H26N4O/c1-4-5-12-10-17(13(18)16(12)3)9-11-8-15(2)7-6-14-11/h11-12,14H,4-10H2,1-3H3. The van der Waals surface area contributed by atoms with Crippen LogP contribution >= 0.6 is 0 Å². The van der Waals surface area contributed by atoms with Gasteiger partial charge in [0.15, 0.2) is 0 Å². The third-order valence-corrected chi connectivity index (χ3v) is 4.07. The highest BCUT2D eigenvalue weighted by Gasteiger charge is 2.35. The molecule has 0 aromatic rings. The summed E-state index contributed by atoms with van der Waals surface area (Å²) in [6.45, 7) is 7.07. The highest BCUT2D eigenvalue weighted by atomic mass is 16.2. The van der Waals surface area contributed by atoms with E-state index in [1.807, 2.05) is 16.8 Å². The number of likely N-dealkylation sites (N-methyl/N-ethyl adjacent to an activating group) is 2. The maximum Gasteiger partial charge on any atom is 0.320 e. The topological polar surface area (TPSA) is 38.8 Å². The minimum atomic E-state index is 0.198. The molecule has 18 heavy (non-hydrogen) atoms. The van der Waals surface area contributed by atoms with Gasteiger partial charge in [-0.25, -0.2) is 4.79 Å². The molecule has 2 fully saturated rings. The van der Waals surface area contributed by atoms with Crippen molar-refractivity contribution in [1.29, 1.82) is 0 Å². The molecule has 0 aliphatic carbocycles. The Morgan fingerprint density at radius 2 is 2.11 bits per heavy atom. The van der Waals surface area contributed by atoms with Gasteiger partial charge in [-0.2, -0.15) is 0 Å². The molecule has 2 aliphatic heterocycles. The number of urea groups is 1. The summed E-state index contributed by atoms with van der Waals surface area (Å²) in [5.74, 6) is 0. The molecule has 104 valence electrons. The van der Waals surface area contributed by atoms with Crippen molar-refractivity contribution in [3.63, 3.8) is 0 Å². The fraction of sp³-hybridized carbons (Fsp3) is 0.923. The summed E-state index contributed by atoms with van der Waals surface area (Å²) in [6.07, 6.45) is 2.25. The predicted molar refractivity (Wildman–Crippen MR) is 72.7 cm³/mol. The van der Waals surface area contributed by atoms with Gasteiger partial charge in [0.25, 0.3) is 0 Å². The van der Waals surface area contributed by atoms with Gasteiger partial charge >= 0.3 is 6.03 Å². The van der Waals surface area contributed by atoms with Crippen LogP contribution in [0.2, 0.25) is 0 Å². The minimum absolute atomic E-state index is 0.198. The number of hydrogen-bond donors (Lipinski definition) is 1. The van der Waals surface area contributed by atoms with Crippen LogP contribution in [-0.4, -0.2) is 79.6 Å². The summed E-state index contributed by atoms with van der Waals surface area (Å²) in [5, 5.41) is 3.50. The Hall–Kier alpha value is -0.810. The van der Waals surface area contributed by atoms with E-state index in [1.165, 1.54) is 0 Å². The maximum absolute atomic E-state index is 12.2. The molecule has 5 nitrogen and oxygen atoms in total. The smallest absolute Gasteiger partial charge is 0.320 e. The van der Waals surface area contributed by atoms with Crippen molar-refractivity contribution < 1.29 is 4.79 Å². The molecular formula is C13H26N4O. The first-order valence-corrected chi connectivity index (χ1v) is 7.05. The molecule has 0 saturated carbocycles. The largest absolute Gasteiger partial charge is 0.323 e. The summed E-state index contributed by atoms with van der Waals surface area (Å²) in [6, 6.07) is 1.02. The van der Waals surface area contributed by atoms with Gasteiger partial charge in [0.2, 0.25) is 0 Å². The zero-order chi connectivity index (χ0) is 13.1. The maximum atomic E-state index is 12.2. The number of hydrogen-bond acceptors (Lipinski definition) is 3. The molecule has 2 amide bonds. The van der Waals surface area contributed by atoms with Crippen molar-refractivity contribution in [1.82, 2.24) is 20.0 Å². The SMILES string of the molecule is CCCC1CN(CC2CN(C)CCN2)C(=O)N1C. The molecule has 2 atom stereocenters. The molecule has 0 radical (unpaired) electrons. The van der Waals surface area contributed by atoms with Crippen LogP contribution in [0.4, 0.5) is 4.79 Å². The first-order chi connectivity index (χ1) is 8.61. The Labute approximate surface area is 110 Å². The lowest BCUT2D eigenvalue weighted by Crippen LogP contribution is -2.54. The Kier molecular flexibility index (Phi) is 4.45. The highest BCUT2D eigenvalue weighted by Crippen LogP contribution is 2.18. The molecule has 0 spiro atoms. The summed E-state index contributed by atoms with van der Waals surface area (Å²) >= 11 is 0. The van der Waals surface area contributed by atoms with Gasteiger partial charge < -0.3 is 20.0 Å². The van der Waals surface area contributed by atoms with Crippen molar-refractivity contribution in [2.75, 3.05) is 46.8 Å².